The normalized spacial score (nSPS) is 8.75. The van der Waals surface area contributed by atoms with E-state index in [-0.39, 0.29) is 13.2 Å². The van der Waals surface area contributed by atoms with E-state index in [9.17, 15) is 0 Å². The van der Waals surface area contributed by atoms with Gasteiger partial charge in [-0.25, -0.2) is 0 Å². The third-order valence-corrected chi connectivity index (χ3v) is 1.55. The van der Waals surface area contributed by atoms with Gasteiger partial charge in [-0.2, -0.15) is 0 Å². The number of H-pyrrole nitrogens is 1. The number of aliphatic hydroxyl groups excluding tert-OH is 2. The van der Waals surface area contributed by atoms with Gasteiger partial charge in [0, 0.05) is 24.1 Å². The summed E-state index contributed by atoms with van der Waals surface area (Å²) in [6, 6.07) is 9.94. The second kappa shape index (κ2) is 8.76. The quantitative estimate of drug-likeness (QED) is 0.550. The van der Waals surface area contributed by atoms with Crippen molar-refractivity contribution in [3.05, 3.63) is 30.3 Å². The van der Waals surface area contributed by atoms with Gasteiger partial charge >= 0.3 is 0 Å². The van der Waals surface area contributed by atoms with Crippen molar-refractivity contribution in [2.24, 2.45) is 0 Å². The van der Waals surface area contributed by atoms with Crippen LogP contribution in [0.4, 0.5) is 5.82 Å². The summed E-state index contributed by atoms with van der Waals surface area (Å²) in [5.41, 5.74) is 6.63. The van der Waals surface area contributed by atoms with Crippen molar-refractivity contribution in [2.45, 2.75) is 13.8 Å². The van der Waals surface area contributed by atoms with Gasteiger partial charge in [0.05, 0.1) is 0 Å². The molecule has 0 fully saturated rings. The molecule has 1 aromatic carbocycles. The fourth-order valence-electron chi connectivity index (χ4n) is 1.10. The number of para-hydroxylation sites is 1. The summed E-state index contributed by atoms with van der Waals surface area (Å²) < 4.78 is 0. The SMILES string of the molecule is CCO.CCO.Nc1cc2ccccc2[nH]1. The van der Waals surface area contributed by atoms with E-state index in [4.69, 9.17) is 15.9 Å². The molecule has 0 saturated carbocycles. The summed E-state index contributed by atoms with van der Waals surface area (Å²) in [7, 11) is 0. The maximum Gasteiger partial charge on any atom is 0.101 e. The van der Waals surface area contributed by atoms with Gasteiger partial charge in [0.1, 0.15) is 5.82 Å². The predicted molar refractivity (Wildman–Crippen MR) is 68.2 cm³/mol. The number of nitrogens with one attached hydrogen (secondary N) is 1. The Balaban J connectivity index is 0.000000321. The van der Waals surface area contributed by atoms with Gasteiger partial charge in [0.25, 0.3) is 0 Å². The van der Waals surface area contributed by atoms with Crippen LogP contribution in [0.25, 0.3) is 10.9 Å². The molecule has 4 heteroatoms. The molecule has 2 aromatic rings. The summed E-state index contributed by atoms with van der Waals surface area (Å²) in [6.45, 7) is 3.86. The first-order chi connectivity index (χ1) is 7.69. The van der Waals surface area contributed by atoms with E-state index in [0.29, 0.717) is 0 Å². The van der Waals surface area contributed by atoms with Crippen LogP contribution in [0.2, 0.25) is 0 Å². The number of hydrogen-bond donors (Lipinski definition) is 4. The maximum absolute atomic E-state index is 7.57. The van der Waals surface area contributed by atoms with E-state index in [1.165, 1.54) is 5.39 Å². The molecule has 4 nitrogen and oxygen atoms in total. The van der Waals surface area contributed by atoms with E-state index in [0.717, 1.165) is 11.3 Å². The molecule has 0 aliphatic carbocycles. The highest BCUT2D eigenvalue weighted by Gasteiger charge is 1.92. The Labute approximate surface area is 95.7 Å². The molecule has 16 heavy (non-hydrogen) atoms. The van der Waals surface area contributed by atoms with Crippen LogP contribution in [0.5, 0.6) is 0 Å². The lowest BCUT2D eigenvalue weighted by Gasteiger charge is -1.83. The number of rotatable bonds is 0. The topological polar surface area (TPSA) is 82.3 Å². The molecule has 2 rings (SSSR count). The maximum atomic E-state index is 7.57. The second-order valence-corrected chi connectivity index (χ2v) is 2.94. The Morgan fingerprint density at radius 1 is 1.12 bits per heavy atom. The van der Waals surface area contributed by atoms with Crippen molar-refractivity contribution in [1.29, 1.82) is 0 Å². The minimum absolute atomic E-state index is 0.250. The van der Waals surface area contributed by atoms with Crippen LogP contribution >= 0.6 is 0 Å². The lowest BCUT2D eigenvalue weighted by Crippen LogP contribution is -1.80. The van der Waals surface area contributed by atoms with Gasteiger partial charge in [-0.3, -0.25) is 0 Å². The average Bonchev–Trinajstić information content (AvgIpc) is 2.60. The number of hydrogen-bond acceptors (Lipinski definition) is 3. The number of aromatic nitrogens is 1. The molecule has 0 saturated heterocycles. The highest BCUT2D eigenvalue weighted by Crippen LogP contribution is 2.14. The number of nitrogen functional groups attached to an aromatic ring is 1. The molecule has 0 atom stereocenters. The monoisotopic (exact) mass is 224 g/mol. The van der Waals surface area contributed by atoms with E-state index in [1.54, 1.807) is 13.8 Å². The summed E-state index contributed by atoms with van der Waals surface area (Å²) in [4.78, 5) is 3.04. The van der Waals surface area contributed by atoms with Gasteiger partial charge in [0.2, 0.25) is 0 Å². The highest BCUT2D eigenvalue weighted by atomic mass is 16.3. The highest BCUT2D eigenvalue weighted by molar-refractivity contribution is 5.82. The Morgan fingerprint density at radius 2 is 1.62 bits per heavy atom. The number of nitrogens with two attached hydrogens (primary N) is 1. The molecule has 0 unspecified atom stereocenters. The standard InChI is InChI=1S/C8H8N2.2C2H6O/c9-8-5-6-3-1-2-4-7(6)10-8;2*1-2-3/h1-5,10H,9H2;2*3H,2H2,1H3. The Hall–Kier alpha value is -1.52. The smallest absolute Gasteiger partial charge is 0.101 e. The third kappa shape index (κ3) is 5.38. The Bertz CT molecular complexity index is 350. The second-order valence-electron chi connectivity index (χ2n) is 2.94. The van der Waals surface area contributed by atoms with Crippen molar-refractivity contribution in [3.63, 3.8) is 0 Å². The van der Waals surface area contributed by atoms with E-state index in [1.807, 2.05) is 30.3 Å². The fourth-order valence-corrected chi connectivity index (χ4v) is 1.10. The molecule has 0 radical (unpaired) electrons. The number of anilines is 1. The molecule has 1 heterocycles. The largest absolute Gasteiger partial charge is 0.397 e. The molecule has 0 spiro atoms. The van der Waals surface area contributed by atoms with Gasteiger partial charge in [-0.15, -0.1) is 0 Å². The molecule has 0 aliphatic rings. The van der Waals surface area contributed by atoms with Gasteiger partial charge < -0.3 is 20.9 Å². The molecule has 0 bridgehead atoms. The lowest BCUT2D eigenvalue weighted by atomic mass is 10.3. The average molecular weight is 224 g/mol. The molecule has 1 aromatic heterocycles. The first-order valence-electron chi connectivity index (χ1n) is 5.24. The third-order valence-electron chi connectivity index (χ3n) is 1.55. The minimum Gasteiger partial charge on any atom is -0.397 e. The van der Waals surface area contributed by atoms with E-state index < -0.39 is 0 Å². The van der Waals surface area contributed by atoms with Crippen molar-refractivity contribution >= 4 is 16.7 Å². The molecular formula is C12H20N2O2. The van der Waals surface area contributed by atoms with Crippen molar-refractivity contribution in [1.82, 2.24) is 4.98 Å². The van der Waals surface area contributed by atoms with Crippen molar-refractivity contribution in [3.8, 4) is 0 Å². The zero-order valence-corrected chi connectivity index (χ0v) is 9.77. The number of aromatic amines is 1. The predicted octanol–water partition coefficient (Wildman–Crippen LogP) is 1.75. The summed E-state index contributed by atoms with van der Waals surface area (Å²) in [6.07, 6.45) is 0. The Kier molecular flexibility index (Phi) is 7.93. The lowest BCUT2D eigenvalue weighted by molar-refractivity contribution is 0.318. The Morgan fingerprint density at radius 3 is 2.12 bits per heavy atom. The minimum atomic E-state index is 0.250. The number of benzene rings is 1. The van der Waals surface area contributed by atoms with Crippen LogP contribution < -0.4 is 5.73 Å². The number of aliphatic hydroxyl groups is 2. The van der Waals surface area contributed by atoms with Crippen molar-refractivity contribution in [2.75, 3.05) is 18.9 Å². The molecular weight excluding hydrogens is 204 g/mol. The van der Waals surface area contributed by atoms with Crippen LogP contribution in [-0.4, -0.2) is 28.4 Å². The molecule has 0 aliphatic heterocycles. The molecule has 0 amide bonds. The first kappa shape index (κ1) is 14.5. The zero-order valence-electron chi connectivity index (χ0n) is 9.77. The molecule has 90 valence electrons. The summed E-state index contributed by atoms with van der Waals surface area (Å²) in [5, 5.41) is 16.3. The van der Waals surface area contributed by atoms with Gasteiger partial charge in [-0.05, 0) is 26.0 Å². The van der Waals surface area contributed by atoms with Crippen molar-refractivity contribution < 1.29 is 10.2 Å². The van der Waals surface area contributed by atoms with E-state index in [2.05, 4.69) is 4.98 Å². The van der Waals surface area contributed by atoms with E-state index >= 15 is 0 Å². The zero-order chi connectivity index (χ0) is 12.4. The van der Waals surface area contributed by atoms with Gasteiger partial charge in [-0.1, -0.05) is 18.2 Å². The summed E-state index contributed by atoms with van der Waals surface area (Å²) >= 11 is 0. The van der Waals surface area contributed by atoms with Crippen LogP contribution in [0, 0.1) is 0 Å². The first-order valence-corrected chi connectivity index (χ1v) is 5.24. The van der Waals surface area contributed by atoms with Crippen LogP contribution in [0.3, 0.4) is 0 Å². The summed E-state index contributed by atoms with van der Waals surface area (Å²) in [5.74, 6) is 0.723. The molecule has 5 N–H and O–H groups in total. The van der Waals surface area contributed by atoms with Crippen LogP contribution in [-0.2, 0) is 0 Å². The van der Waals surface area contributed by atoms with Crippen LogP contribution in [0.1, 0.15) is 13.8 Å². The van der Waals surface area contributed by atoms with Crippen LogP contribution in [0.15, 0.2) is 30.3 Å². The fraction of sp³-hybridized carbons (Fsp3) is 0.333. The van der Waals surface area contributed by atoms with Gasteiger partial charge in [0.15, 0.2) is 0 Å². The number of fused-ring (bicyclic) bond motifs is 1.